The lowest BCUT2D eigenvalue weighted by Gasteiger charge is -2.36. The van der Waals surface area contributed by atoms with E-state index in [9.17, 15) is 13.2 Å². The van der Waals surface area contributed by atoms with Gasteiger partial charge in [-0.1, -0.05) is 29.4 Å². The number of hydrogen-bond donors (Lipinski definition) is 0. The van der Waals surface area contributed by atoms with Gasteiger partial charge in [0.25, 0.3) is 0 Å². The number of halogens is 3. The molecule has 4 rings (SSSR count). The van der Waals surface area contributed by atoms with Crippen molar-refractivity contribution in [2.75, 3.05) is 38.2 Å². The fourth-order valence-corrected chi connectivity index (χ4v) is 3.92. The molecule has 164 valence electrons. The molecule has 0 atom stereocenters. The number of piperazine rings is 1. The van der Waals surface area contributed by atoms with Crippen LogP contribution in [0.15, 0.2) is 53.1 Å². The third-order valence-corrected chi connectivity index (χ3v) is 5.64. The van der Waals surface area contributed by atoms with E-state index in [0.29, 0.717) is 17.9 Å². The normalized spacial score (nSPS) is 15.3. The number of benzene rings is 2. The van der Waals surface area contributed by atoms with Crippen LogP contribution in [0.2, 0.25) is 0 Å². The number of nitrogens with zero attached hydrogens (tertiary/aromatic N) is 3. The molecule has 8 heteroatoms. The maximum Gasteiger partial charge on any atom is 0.417 e. The Morgan fingerprint density at radius 3 is 2.48 bits per heavy atom. The average molecular weight is 431 g/mol. The van der Waals surface area contributed by atoms with E-state index in [1.54, 1.807) is 20.1 Å². The Kier molecular flexibility index (Phi) is 5.91. The molecule has 0 spiro atoms. The number of methoxy groups -OCH3 is 1. The molecular weight excluding hydrogens is 407 g/mol. The first-order valence-corrected chi connectivity index (χ1v) is 10.1. The smallest absolute Gasteiger partial charge is 0.417 e. The minimum absolute atomic E-state index is 0.0527. The van der Waals surface area contributed by atoms with Crippen molar-refractivity contribution in [3.8, 4) is 17.0 Å². The van der Waals surface area contributed by atoms with Gasteiger partial charge in [-0.05, 0) is 25.1 Å². The highest BCUT2D eigenvalue weighted by Crippen LogP contribution is 2.38. The van der Waals surface area contributed by atoms with Gasteiger partial charge in [-0.25, -0.2) is 0 Å². The monoisotopic (exact) mass is 431 g/mol. The first-order chi connectivity index (χ1) is 14.9. The van der Waals surface area contributed by atoms with E-state index in [1.165, 1.54) is 12.1 Å². The number of alkyl halides is 3. The number of hydrogen-bond acceptors (Lipinski definition) is 5. The van der Waals surface area contributed by atoms with E-state index < -0.39 is 11.7 Å². The fraction of sp³-hybridized carbons (Fsp3) is 0.348. The van der Waals surface area contributed by atoms with Crippen LogP contribution in [0.1, 0.15) is 16.9 Å². The minimum Gasteiger partial charge on any atom is -0.497 e. The average Bonchev–Trinajstić information content (AvgIpc) is 3.13. The molecule has 3 aromatic rings. The zero-order chi connectivity index (χ0) is 22.0. The Hall–Kier alpha value is -3.00. The van der Waals surface area contributed by atoms with Gasteiger partial charge in [0.15, 0.2) is 0 Å². The van der Waals surface area contributed by atoms with Crippen LogP contribution in [0.4, 0.5) is 18.9 Å². The van der Waals surface area contributed by atoms with Crippen LogP contribution in [0.25, 0.3) is 11.3 Å². The quantitative estimate of drug-likeness (QED) is 0.569. The summed E-state index contributed by atoms with van der Waals surface area (Å²) in [7, 11) is 1.65. The highest BCUT2D eigenvalue weighted by atomic mass is 19.4. The molecule has 2 heterocycles. The third kappa shape index (κ3) is 4.54. The number of aromatic nitrogens is 1. The van der Waals surface area contributed by atoms with E-state index in [2.05, 4.69) is 21.0 Å². The molecular formula is C23H24F3N3O2. The Balaban J connectivity index is 1.51. The topological polar surface area (TPSA) is 41.7 Å². The SMILES string of the molecule is COc1cccc(N2CCN(Cc3c(-c4ccccc4C(F)(F)F)noc3C)CC2)c1. The van der Waals surface area contributed by atoms with Gasteiger partial charge in [-0.2, -0.15) is 13.2 Å². The van der Waals surface area contributed by atoms with Crippen molar-refractivity contribution in [3.63, 3.8) is 0 Å². The summed E-state index contributed by atoms with van der Waals surface area (Å²) in [6.45, 7) is 5.42. The van der Waals surface area contributed by atoms with Gasteiger partial charge in [0.1, 0.15) is 17.2 Å². The Morgan fingerprint density at radius 1 is 1.03 bits per heavy atom. The molecule has 31 heavy (non-hydrogen) atoms. The van der Waals surface area contributed by atoms with E-state index in [1.807, 2.05) is 18.2 Å². The predicted octanol–water partition coefficient (Wildman–Crippen LogP) is 5.00. The molecule has 0 bridgehead atoms. The fourth-order valence-electron chi connectivity index (χ4n) is 3.92. The summed E-state index contributed by atoms with van der Waals surface area (Å²) < 4.78 is 51.1. The van der Waals surface area contributed by atoms with Crippen molar-refractivity contribution in [2.24, 2.45) is 0 Å². The second-order valence-electron chi connectivity index (χ2n) is 7.57. The molecule has 1 fully saturated rings. The van der Waals surface area contributed by atoms with Crippen LogP contribution >= 0.6 is 0 Å². The number of rotatable bonds is 5. The standard InChI is InChI=1S/C23H24F3N3O2/c1-16-20(22(27-31-16)19-8-3-4-9-21(19)23(24,25)26)15-28-10-12-29(13-11-28)17-6-5-7-18(14-17)30-2/h3-9,14H,10-13,15H2,1-2H3. The maximum absolute atomic E-state index is 13.5. The van der Waals surface area contributed by atoms with E-state index in [-0.39, 0.29) is 11.3 Å². The molecule has 0 radical (unpaired) electrons. The van der Waals surface area contributed by atoms with E-state index in [0.717, 1.165) is 43.7 Å². The number of aryl methyl sites for hydroxylation is 1. The van der Waals surface area contributed by atoms with Crippen LogP contribution in [0, 0.1) is 6.92 Å². The lowest BCUT2D eigenvalue weighted by molar-refractivity contribution is -0.137. The number of ether oxygens (including phenoxy) is 1. The molecule has 0 N–H and O–H groups in total. The van der Waals surface area contributed by atoms with Gasteiger partial charge in [-0.15, -0.1) is 0 Å². The molecule has 0 amide bonds. The Morgan fingerprint density at radius 2 is 1.77 bits per heavy atom. The highest BCUT2D eigenvalue weighted by Gasteiger charge is 2.35. The van der Waals surface area contributed by atoms with Crippen LogP contribution in [-0.4, -0.2) is 43.3 Å². The number of anilines is 1. The Bertz CT molecular complexity index is 1040. The van der Waals surface area contributed by atoms with Gasteiger partial charge >= 0.3 is 6.18 Å². The van der Waals surface area contributed by atoms with Crippen molar-refractivity contribution >= 4 is 5.69 Å². The molecule has 0 aliphatic carbocycles. The zero-order valence-corrected chi connectivity index (χ0v) is 17.4. The molecule has 0 unspecified atom stereocenters. The van der Waals surface area contributed by atoms with E-state index in [4.69, 9.17) is 9.26 Å². The van der Waals surface area contributed by atoms with Gasteiger partial charge in [0.05, 0.1) is 12.7 Å². The summed E-state index contributed by atoms with van der Waals surface area (Å²) in [5.41, 5.74) is 1.41. The second kappa shape index (κ2) is 8.63. The van der Waals surface area contributed by atoms with Crippen molar-refractivity contribution < 1.29 is 22.4 Å². The molecule has 0 saturated carbocycles. The Labute approximate surface area is 179 Å². The molecule has 2 aromatic carbocycles. The van der Waals surface area contributed by atoms with Crippen molar-refractivity contribution in [1.29, 1.82) is 0 Å². The second-order valence-corrected chi connectivity index (χ2v) is 7.57. The van der Waals surface area contributed by atoms with Crippen LogP contribution in [0.5, 0.6) is 5.75 Å². The summed E-state index contributed by atoms with van der Waals surface area (Å²) in [5, 5.41) is 3.98. The summed E-state index contributed by atoms with van der Waals surface area (Å²) >= 11 is 0. The van der Waals surface area contributed by atoms with Crippen molar-refractivity contribution in [2.45, 2.75) is 19.6 Å². The summed E-state index contributed by atoms with van der Waals surface area (Å²) in [4.78, 5) is 4.50. The summed E-state index contributed by atoms with van der Waals surface area (Å²) in [6.07, 6.45) is -4.46. The lowest BCUT2D eigenvalue weighted by Crippen LogP contribution is -2.46. The first kappa shape index (κ1) is 21.2. The van der Waals surface area contributed by atoms with Gasteiger partial charge in [-0.3, -0.25) is 4.90 Å². The van der Waals surface area contributed by atoms with Crippen LogP contribution in [0.3, 0.4) is 0 Å². The molecule has 5 nitrogen and oxygen atoms in total. The van der Waals surface area contributed by atoms with Gasteiger partial charge in [0, 0.05) is 55.6 Å². The molecule has 1 aliphatic heterocycles. The lowest BCUT2D eigenvalue weighted by atomic mass is 10.00. The van der Waals surface area contributed by atoms with E-state index >= 15 is 0 Å². The van der Waals surface area contributed by atoms with Gasteiger partial charge in [0.2, 0.25) is 0 Å². The molecule has 1 aliphatic rings. The first-order valence-electron chi connectivity index (χ1n) is 10.1. The summed E-state index contributed by atoms with van der Waals surface area (Å²) in [5.74, 6) is 1.36. The highest BCUT2D eigenvalue weighted by molar-refractivity contribution is 5.68. The van der Waals surface area contributed by atoms with Crippen LogP contribution < -0.4 is 9.64 Å². The molecule has 1 saturated heterocycles. The van der Waals surface area contributed by atoms with Gasteiger partial charge < -0.3 is 14.2 Å². The summed E-state index contributed by atoms with van der Waals surface area (Å²) in [6, 6.07) is 13.4. The predicted molar refractivity (Wildman–Crippen MR) is 112 cm³/mol. The van der Waals surface area contributed by atoms with Crippen molar-refractivity contribution in [1.82, 2.24) is 10.1 Å². The van der Waals surface area contributed by atoms with Crippen molar-refractivity contribution in [3.05, 3.63) is 65.4 Å². The zero-order valence-electron chi connectivity index (χ0n) is 17.4. The third-order valence-electron chi connectivity index (χ3n) is 5.64. The maximum atomic E-state index is 13.5. The minimum atomic E-state index is -4.46. The van der Waals surface area contributed by atoms with Crippen LogP contribution in [-0.2, 0) is 12.7 Å². The molecule has 1 aromatic heterocycles. The largest absolute Gasteiger partial charge is 0.497 e.